The molecule has 2 heterocycles. The highest BCUT2D eigenvalue weighted by molar-refractivity contribution is 5.40. The number of rotatable bonds is 5. The number of nitrogens with zero attached hydrogens (tertiary/aromatic N) is 2. The maximum Gasteiger partial charge on any atom is 0.229 e. The van der Waals surface area contributed by atoms with Crippen molar-refractivity contribution in [2.24, 2.45) is 5.73 Å². The zero-order chi connectivity index (χ0) is 14.7. The van der Waals surface area contributed by atoms with Crippen LogP contribution in [0.5, 0.6) is 5.75 Å². The Morgan fingerprint density at radius 1 is 1.38 bits per heavy atom. The van der Waals surface area contributed by atoms with Gasteiger partial charge in [-0.2, -0.15) is 4.98 Å². The summed E-state index contributed by atoms with van der Waals surface area (Å²) in [5, 5.41) is 4.19. The molecule has 21 heavy (non-hydrogen) atoms. The van der Waals surface area contributed by atoms with Crippen LogP contribution >= 0.6 is 0 Å². The molecule has 2 aromatic rings. The fourth-order valence-electron chi connectivity index (χ4n) is 2.75. The summed E-state index contributed by atoms with van der Waals surface area (Å²) in [4.78, 5) is 4.61. The van der Waals surface area contributed by atoms with E-state index in [-0.39, 0.29) is 11.8 Å². The lowest BCUT2D eigenvalue weighted by atomic mass is 9.92. The van der Waals surface area contributed by atoms with Crippen LogP contribution in [0.25, 0.3) is 0 Å². The van der Waals surface area contributed by atoms with Gasteiger partial charge in [-0.3, -0.25) is 0 Å². The van der Waals surface area contributed by atoms with Crippen molar-refractivity contribution in [3.05, 3.63) is 41.5 Å². The number of benzene rings is 1. The third kappa shape index (κ3) is 2.93. The molecule has 0 amide bonds. The van der Waals surface area contributed by atoms with Gasteiger partial charge in [-0.1, -0.05) is 30.3 Å². The molecular formula is C16H21N3O2. The van der Waals surface area contributed by atoms with Crippen molar-refractivity contribution in [1.29, 1.82) is 0 Å². The Kier molecular flexibility index (Phi) is 4.20. The van der Waals surface area contributed by atoms with Crippen molar-refractivity contribution in [3.8, 4) is 5.75 Å². The number of nitrogens with two attached hydrogens (primary N) is 1. The molecule has 5 nitrogen and oxygen atoms in total. The second-order valence-electron chi connectivity index (χ2n) is 5.55. The maximum atomic E-state index is 5.68. The monoisotopic (exact) mass is 287 g/mol. The highest BCUT2D eigenvalue weighted by Crippen LogP contribution is 2.37. The Morgan fingerprint density at radius 2 is 2.24 bits per heavy atom. The van der Waals surface area contributed by atoms with Gasteiger partial charge >= 0.3 is 0 Å². The fraction of sp³-hybridized carbons (Fsp3) is 0.500. The van der Waals surface area contributed by atoms with Crippen molar-refractivity contribution in [1.82, 2.24) is 10.1 Å². The predicted molar refractivity (Wildman–Crippen MR) is 79.4 cm³/mol. The average molecular weight is 287 g/mol. The molecule has 2 atom stereocenters. The average Bonchev–Trinajstić information content (AvgIpc) is 3.02. The minimum absolute atomic E-state index is 0.161. The van der Waals surface area contributed by atoms with Crippen LogP contribution < -0.4 is 10.5 Å². The summed E-state index contributed by atoms with van der Waals surface area (Å²) in [7, 11) is 0. The van der Waals surface area contributed by atoms with Crippen LogP contribution in [-0.4, -0.2) is 23.3 Å². The standard InChI is InChI=1S/C16H21N3O2/c1-11(5-4-9-17)16-18-15(19-21-16)13-8-10-20-14-7-3-2-6-12(13)14/h2-3,6-7,11,13H,4-5,8-10,17H2,1H3. The Labute approximate surface area is 124 Å². The molecule has 1 aliphatic rings. The van der Waals surface area contributed by atoms with E-state index in [9.17, 15) is 0 Å². The van der Waals surface area contributed by atoms with Crippen LogP contribution in [0.15, 0.2) is 28.8 Å². The van der Waals surface area contributed by atoms with E-state index in [1.54, 1.807) is 0 Å². The van der Waals surface area contributed by atoms with Crippen LogP contribution in [-0.2, 0) is 0 Å². The highest BCUT2D eigenvalue weighted by atomic mass is 16.5. The van der Waals surface area contributed by atoms with Crippen LogP contribution in [0.2, 0.25) is 0 Å². The van der Waals surface area contributed by atoms with Gasteiger partial charge in [0.1, 0.15) is 5.75 Å². The van der Waals surface area contributed by atoms with Gasteiger partial charge in [-0.25, -0.2) is 0 Å². The van der Waals surface area contributed by atoms with Gasteiger partial charge < -0.3 is 15.0 Å². The molecule has 2 unspecified atom stereocenters. The first kappa shape index (κ1) is 14.1. The van der Waals surface area contributed by atoms with Crippen LogP contribution in [0.3, 0.4) is 0 Å². The molecule has 0 saturated carbocycles. The predicted octanol–water partition coefficient (Wildman–Crippen LogP) is 2.83. The molecule has 0 radical (unpaired) electrons. The Morgan fingerprint density at radius 3 is 3.10 bits per heavy atom. The van der Waals surface area contributed by atoms with E-state index in [4.69, 9.17) is 15.0 Å². The minimum Gasteiger partial charge on any atom is -0.493 e. The molecular weight excluding hydrogens is 266 g/mol. The molecule has 1 aliphatic heterocycles. The lowest BCUT2D eigenvalue weighted by Gasteiger charge is -2.23. The largest absolute Gasteiger partial charge is 0.493 e. The van der Waals surface area contributed by atoms with Crippen molar-refractivity contribution < 1.29 is 9.26 Å². The molecule has 5 heteroatoms. The number of hydrogen-bond acceptors (Lipinski definition) is 5. The van der Waals surface area contributed by atoms with E-state index in [2.05, 4.69) is 23.1 Å². The van der Waals surface area contributed by atoms with Gasteiger partial charge in [0.25, 0.3) is 0 Å². The Balaban J connectivity index is 1.81. The molecule has 0 fully saturated rings. The van der Waals surface area contributed by atoms with Crippen LogP contribution in [0.4, 0.5) is 0 Å². The molecule has 3 rings (SSSR count). The summed E-state index contributed by atoms with van der Waals surface area (Å²) >= 11 is 0. The summed E-state index contributed by atoms with van der Waals surface area (Å²) in [5.74, 6) is 2.82. The summed E-state index contributed by atoms with van der Waals surface area (Å²) in [6, 6.07) is 8.07. The van der Waals surface area contributed by atoms with Gasteiger partial charge in [0.15, 0.2) is 5.82 Å². The lowest BCUT2D eigenvalue weighted by Crippen LogP contribution is -2.16. The maximum absolute atomic E-state index is 5.68. The molecule has 1 aromatic heterocycles. The number of para-hydroxylation sites is 1. The number of ether oxygens (including phenoxy) is 1. The van der Waals surface area contributed by atoms with E-state index < -0.39 is 0 Å². The van der Waals surface area contributed by atoms with Gasteiger partial charge in [-0.15, -0.1) is 0 Å². The van der Waals surface area contributed by atoms with Crippen molar-refractivity contribution in [3.63, 3.8) is 0 Å². The van der Waals surface area contributed by atoms with Crippen LogP contribution in [0, 0.1) is 0 Å². The summed E-state index contributed by atoms with van der Waals surface area (Å²) in [6.45, 7) is 3.48. The van der Waals surface area contributed by atoms with Gasteiger partial charge in [0.05, 0.1) is 12.5 Å². The molecule has 1 aromatic carbocycles. The van der Waals surface area contributed by atoms with Gasteiger partial charge in [-0.05, 0) is 31.9 Å². The third-order valence-electron chi connectivity index (χ3n) is 3.99. The normalized spacial score (nSPS) is 18.9. The zero-order valence-corrected chi connectivity index (χ0v) is 12.3. The second-order valence-corrected chi connectivity index (χ2v) is 5.55. The molecule has 0 spiro atoms. The first-order valence-corrected chi connectivity index (χ1v) is 7.55. The lowest BCUT2D eigenvalue weighted by molar-refractivity contribution is 0.272. The first-order chi connectivity index (χ1) is 10.3. The summed E-state index contributed by atoms with van der Waals surface area (Å²) in [5.41, 5.74) is 6.69. The Bertz CT molecular complexity index is 597. The molecule has 2 N–H and O–H groups in total. The quantitative estimate of drug-likeness (QED) is 0.915. The van der Waals surface area contributed by atoms with Gasteiger partial charge in [0, 0.05) is 11.5 Å². The van der Waals surface area contributed by atoms with Crippen LogP contribution in [0.1, 0.15) is 55.3 Å². The summed E-state index contributed by atoms with van der Waals surface area (Å²) < 4.78 is 11.1. The van der Waals surface area contributed by atoms with E-state index in [0.29, 0.717) is 19.0 Å². The number of fused-ring (bicyclic) bond motifs is 1. The topological polar surface area (TPSA) is 74.2 Å². The third-order valence-corrected chi connectivity index (χ3v) is 3.99. The first-order valence-electron chi connectivity index (χ1n) is 7.55. The number of hydrogen-bond donors (Lipinski definition) is 1. The molecule has 0 bridgehead atoms. The number of aromatic nitrogens is 2. The SMILES string of the molecule is CC(CCCN)c1nc(C2CCOc3ccccc32)no1. The Hall–Kier alpha value is -1.88. The fourth-order valence-corrected chi connectivity index (χ4v) is 2.75. The smallest absolute Gasteiger partial charge is 0.229 e. The highest BCUT2D eigenvalue weighted by Gasteiger charge is 2.27. The van der Waals surface area contributed by atoms with Gasteiger partial charge in [0.2, 0.25) is 5.89 Å². The van der Waals surface area contributed by atoms with Crippen molar-refractivity contribution in [2.75, 3.05) is 13.2 Å². The van der Waals surface area contributed by atoms with Crippen molar-refractivity contribution in [2.45, 2.75) is 38.0 Å². The van der Waals surface area contributed by atoms with E-state index >= 15 is 0 Å². The van der Waals surface area contributed by atoms with E-state index in [1.807, 2.05) is 18.2 Å². The van der Waals surface area contributed by atoms with E-state index in [1.165, 1.54) is 0 Å². The summed E-state index contributed by atoms with van der Waals surface area (Å²) in [6.07, 6.45) is 2.83. The minimum atomic E-state index is 0.161. The molecule has 0 saturated heterocycles. The molecule has 0 aliphatic carbocycles. The zero-order valence-electron chi connectivity index (χ0n) is 12.3. The molecule has 112 valence electrons. The second kappa shape index (κ2) is 6.26. The van der Waals surface area contributed by atoms with E-state index in [0.717, 1.165) is 36.4 Å². The van der Waals surface area contributed by atoms with Crippen molar-refractivity contribution >= 4 is 0 Å².